The van der Waals surface area contributed by atoms with E-state index in [0.29, 0.717) is 18.9 Å². The predicted octanol–water partition coefficient (Wildman–Crippen LogP) is 0.0949. The monoisotopic (exact) mass is 218 g/mol. The number of amides is 1. The smallest absolute Gasteiger partial charge is 0.237 e. The summed E-state index contributed by atoms with van der Waals surface area (Å²) in [6.07, 6.45) is 0.261. The molecular weight excluding hydrogens is 196 g/mol. The van der Waals surface area contributed by atoms with E-state index in [-0.39, 0.29) is 5.91 Å². The van der Waals surface area contributed by atoms with Gasteiger partial charge in [-0.05, 0) is 12.3 Å². The molecule has 1 atom stereocenters. The minimum Gasteiger partial charge on any atom is -0.354 e. The van der Waals surface area contributed by atoms with Crippen LogP contribution >= 0.6 is 0 Å². The number of hydrogen-bond donors (Lipinski definition) is 2. The highest BCUT2D eigenvalue weighted by molar-refractivity contribution is 5.81. The Morgan fingerprint density at radius 2 is 1.87 bits per heavy atom. The summed E-state index contributed by atoms with van der Waals surface area (Å²) < 4.78 is 9.87. The molecule has 5 heteroatoms. The number of rotatable bonds is 7. The summed E-state index contributed by atoms with van der Waals surface area (Å²) >= 11 is 0. The van der Waals surface area contributed by atoms with Crippen LogP contribution in [-0.2, 0) is 14.3 Å². The number of carbonyl (C=O) groups is 1. The molecule has 0 saturated heterocycles. The highest BCUT2D eigenvalue weighted by Crippen LogP contribution is 2.02. The molecule has 0 unspecified atom stereocenters. The van der Waals surface area contributed by atoms with Crippen molar-refractivity contribution in [3.05, 3.63) is 0 Å². The second-order valence-corrected chi connectivity index (χ2v) is 3.88. The van der Waals surface area contributed by atoms with Crippen molar-refractivity contribution in [1.82, 2.24) is 5.32 Å². The van der Waals surface area contributed by atoms with Gasteiger partial charge >= 0.3 is 0 Å². The Hall–Kier alpha value is -0.650. The van der Waals surface area contributed by atoms with Gasteiger partial charge in [0.15, 0.2) is 6.29 Å². The van der Waals surface area contributed by atoms with Crippen LogP contribution < -0.4 is 11.1 Å². The lowest BCUT2D eigenvalue weighted by Crippen LogP contribution is -2.44. The molecule has 0 fully saturated rings. The zero-order chi connectivity index (χ0) is 11.8. The van der Waals surface area contributed by atoms with Crippen molar-refractivity contribution in [2.24, 2.45) is 11.7 Å². The third-order valence-electron chi connectivity index (χ3n) is 2.03. The van der Waals surface area contributed by atoms with Crippen LogP contribution in [0.1, 0.15) is 20.3 Å². The first-order valence-corrected chi connectivity index (χ1v) is 5.10. The number of ether oxygens (including phenoxy) is 2. The van der Waals surface area contributed by atoms with E-state index >= 15 is 0 Å². The van der Waals surface area contributed by atoms with Gasteiger partial charge in [-0.25, -0.2) is 0 Å². The molecule has 0 aliphatic carbocycles. The van der Waals surface area contributed by atoms with Gasteiger partial charge in [0, 0.05) is 14.2 Å². The lowest BCUT2D eigenvalue weighted by molar-refractivity contribution is -0.128. The van der Waals surface area contributed by atoms with Crippen LogP contribution in [0.15, 0.2) is 0 Å². The SMILES string of the molecule is COC(CNC(=O)[C@H](N)CC(C)C)OC. The summed E-state index contributed by atoms with van der Waals surface area (Å²) in [5.74, 6) is 0.245. The highest BCUT2D eigenvalue weighted by atomic mass is 16.7. The molecule has 0 aliphatic heterocycles. The summed E-state index contributed by atoms with van der Waals surface area (Å²) in [6, 6.07) is -0.459. The Balaban J connectivity index is 3.81. The molecule has 3 N–H and O–H groups in total. The molecule has 0 aromatic rings. The number of nitrogens with two attached hydrogens (primary N) is 1. The molecule has 0 heterocycles. The molecule has 0 rings (SSSR count). The van der Waals surface area contributed by atoms with Crippen molar-refractivity contribution >= 4 is 5.91 Å². The standard InChI is InChI=1S/C10H22N2O3/c1-7(2)5-8(11)10(13)12-6-9(14-3)15-4/h7-9H,5-6,11H2,1-4H3,(H,12,13)/t8-/m1/s1. The van der Waals surface area contributed by atoms with E-state index in [9.17, 15) is 4.79 Å². The van der Waals surface area contributed by atoms with Crippen molar-refractivity contribution in [2.75, 3.05) is 20.8 Å². The van der Waals surface area contributed by atoms with Gasteiger partial charge in [0.1, 0.15) is 0 Å². The van der Waals surface area contributed by atoms with Crippen molar-refractivity contribution in [3.8, 4) is 0 Å². The van der Waals surface area contributed by atoms with Crippen LogP contribution in [0.25, 0.3) is 0 Å². The van der Waals surface area contributed by atoms with Crippen molar-refractivity contribution in [2.45, 2.75) is 32.6 Å². The maximum atomic E-state index is 11.5. The third-order valence-corrected chi connectivity index (χ3v) is 2.03. The number of carbonyl (C=O) groups excluding carboxylic acids is 1. The molecule has 15 heavy (non-hydrogen) atoms. The summed E-state index contributed by atoms with van der Waals surface area (Å²) in [7, 11) is 3.04. The van der Waals surface area contributed by atoms with Crippen molar-refractivity contribution in [3.63, 3.8) is 0 Å². The largest absolute Gasteiger partial charge is 0.354 e. The maximum Gasteiger partial charge on any atom is 0.237 e. The van der Waals surface area contributed by atoms with Gasteiger partial charge in [-0.15, -0.1) is 0 Å². The molecule has 0 aromatic heterocycles. The first-order valence-electron chi connectivity index (χ1n) is 5.10. The first-order chi connectivity index (χ1) is 7.01. The average Bonchev–Trinajstić information content (AvgIpc) is 2.18. The van der Waals surface area contributed by atoms with E-state index in [4.69, 9.17) is 15.2 Å². The molecule has 5 nitrogen and oxygen atoms in total. The molecule has 0 aromatic carbocycles. The van der Waals surface area contributed by atoms with Gasteiger partial charge in [0.25, 0.3) is 0 Å². The Labute approximate surface area is 91.3 Å². The molecule has 0 aliphatic rings. The molecule has 90 valence electrons. The van der Waals surface area contributed by atoms with Crippen LogP contribution in [0.2, 0.25) is 0 Å². The van der Waals surface area contributed by atoms with E-state index in [0.717, 1.165) is 0 Å². The quantitative estimate of drug-likeness (QED) is 0.594. The second kappa shape index (κ2) is 7.62. The molecule has 1 amide bonds. The Kier molecular flexibility index (Phi) is 7.29. The van der Waals surface area contributed by atoms with Crippen LogP contribution in [0.4, 0.5) is 0 Å². The summed E-state index contributed by atoms with van der Waals surface area (Å²) in [6.45, 7) is 4.37. The minimum atomic E-state index is -0.459. The summed E-state index contributed by atoms with van der Waals surface area (Å²) in [4.78, 5) is 11.5. The van der Waals surface area contributed by atoms with E-state index in [1.54, 1.807) is 0 Å². The van der Waals surface area contributed by atoms with Gasteiger partial charge in [-0.3, -0.25) is 4.79 Å². The lowest BCUT2D eigenvalue weighted by Gasteiger charge is -2.17. The molecule has 0 bridgehead atoms. The minimum absolute atomic E-state index is 0.164. The van der Waals surface area contributed by atoms with Crippen LogP contribution in [-0.4, -0.2) is 39.0 Å². The van der Waals surface area contributed by atoms with Crippen molar-refractivity contribution in [1.29, 1.82) is 0 Å². The van der Waals surface area contributed by atoms with E-state index in [1.807, 2.05) is 13.8 Å². The van der Waals surface area contributed by atoms with Crippen LogP contribution in [0.3, 0.4) is 0 Å². The molecule has 0 spiro atoms. The van der Waals surface area contributed by atoms with Gasteiger partial charge < -0.3 is 20.5 Å². The maximum absolute atomic E-state index is 11.5. The van der Waals surface area contributed by atoms with E-state index in [1.165, 1.54) is 14.2 Å². The number of hydrogen-bond acceptors (Lipinski definition) is 4. The fourth-order valence-electron chi connectivity index (χ4n) is 1.19. The third kappa shape index (κ3) is 6.43. The van der Waals surface area contributed by atoms with E-state index in [2.05, 4.69) is 5.32 Å². The molecule has 0 radical (unpaired) electrons. The van der Waals surface area contributed by atoms with Crippen molar-refractivity contribution < 1.29 is 14.3 Å². The summed E-state index contributed by atoms with van der Waals surface area (Å²) in [5.41, 5.74) is 5.69. The van der Waals surface area contributed by atoms with Gasteiger partial charge in [-0.1, -0.05) is 13.8 Å². The van der Waals surface area contributed by atoms with Gasteiger partial charge in [0.2, 0.25) is 5.91 Å². The Morgan fingerprint density at radius 3 is 2.27 bits per heavy atom. The zero-order valence-corrected chi connectivity index (χ0v) is 9.95. The lowest BCUT2D eigenvalue weighted by atomic mass is 10.0. The number of methoxy groups -OCH3 is 2. The normalized spacial score (nSPS) is 13.3. The zero-order valence-electron chi connectivity index (χ0n) is 9.95. The van der Waals surface area contributed by atoms with Crippen LogP contribution in [0.5, 0.6) is 0 Å². The first kappa shape index (κ1) is 14.3. The van der Waals surface area contributed by atoms with Crippen LogP contribution in [0, 0.1) is 5.92 Å². The summed E-state index contributed by atoms with van der Waals surface area (Å²) in [5, 5.41) is 2.68. The Bertz CT molecular complexity index is 182. The Morgan fingerprint density at radius 1 is 1.33 bits per heavy atom. The topological polar surface area (TPSA) is 73.6 Å². The van der Waals surface area contributed by atoms with Gasteiger partial charge in [-0.2, -0.15) is 0 Å². The predicted molar refractivity (Wildman–Crippen MR) is 58.2 cm³/mol. The molecular formula is C10H22N2O3. The fraction of sp³-hybridized carbons (Fsp3) is 0.900. The average molecular weight is 218 g/mol. The number of nitrogens with one attached hydrogen (secondary N) is 1. The van der Waals surface area contributed by atoms with Gasteiger partial charge in [0.05, 0.1) is 12.6 Å². The highest BCUT2D eigenvalue weighted by Gasteiger charge is 2.16. The second-order valence-electron chi connectivity index (χ2n) is 3.88. The fourth-order valence-corrected chi connectivity index (χ4v) is 1.19. The van der Waals surface area contributed by atoms with E-state index < -0.39 is 12.3 Å². The molecule has 0 saturated carbocycles.